The lowest BCUT2D eigenvalue weighted by Crippen LogP contribution is -2.42. The van der Waals surface area contributed by atoms with Crippen molar-refractivity contribution in [2.45, 2.75) is 6.04 Å². The Labute approximate surface area is 103 Å². The fourth-order valence-electron chi connectivity index (χ4n) is 1.65. The van der Waals surface area contributed by atoms with Crippen LogP contribution in [0.2, 0.25) is 0 Å². The van der Waals surface area contributed by atoms with Crippen molar-refractivity contribution in [3.05, 3.63) is 34.1 Å². The maximum atomic E-state index is 13.0. The van der Waals surface area contributed by atoms with Crippen LogP contribution in [0.3, 0.4) is 0 Å². The number of halogens is 3. The Balaban J connectivity index is 0.00000112. The van der Waals surface area contributed by atoms with Gasteiger partial charge in [0.15, 0.2) is 0 Å². The second-order valence-corrected chi connectivity index (χ2v) is 4.23. The van der Waals surface area contributed by atoms with Crippen LogP contribution < -0.4 is 10.6 Å². The molecule has 1 heterocycles. The van der Waals surface area contributed by atoms with Crippen molar-refractivity contribution in [2.24, 2.45) is 0 Å². The van der Waals surface area contributed by atoms with E-state index in [1.807, 2.05) is 0 Å². The minimum absolute atomic E-state index is 0. The minimum atomic E-state index is -0.185. The first-order chi connectivity index (χ1) is 6.77. The van der Waals surface area contributed by atoms with E-state index >= 15 is 0 Å². The number of piperazine rings is 1. The van der Waals surface area contributed by atoms with E-state index in [4.69, 9.17) is 0 Å². The molecule has 2 nitrogen and oxygen atoms in total. The molecule has 0 radical (unpaired) electrons. The lowest BCUT2D eigenvalue weighted by molar-refractivity contribution is 0.427. The summed E-state index contributed by atoms with van der Waals surface area (Å²) in [6.45, 7) is 2.75. The normalized spacial score (nSPS) is 20.8. The third kappa shape index (κ3) is 3.14. The summed E-state index contributed by atoms with van der Waals surface area (Å²) in [6, 6.07) is 4.99. The van der Waals surface area contributed by atoms with Crippen molar-refractivity contribution in [3.63, 3.8) is 0 Å². The van der Waals surface area contributed by atoms with Crippen molar-refractivity contribution in [1.29, 1.82) is 0 Å². The Kier molecular flexibility index (Phi) is 4.99. The fraction of sp³-hybridized carbons (Fsp3) is 0.400. The van der Waals surface area contributed by atoms with Crippen LogP contribution in [0.4, 0.5) is 4.39 Å². The number of rotatable bonds is 1. The molecule has 1 aromatic carbocycles. The van der Waals surface area contributed by atoms with Gasteiger partial charge in [-0.05, 0) is 23.8 Å². The van der Waals surface area contributed by atoms with Gasteiger partial charge in [0.2, 0.25) is 0 Å². The molecule has 0 saturated carbocycles. The summed E-state index contributed by atoms with van der Waals surface area (Å²) >= 11 is 3.43. The van der Waals surface area contributed by atoms with Gasteiger partial charge in [-0.2, -0.15) is 0 Å². The summed E-state index contributed by atoms with van der Waals surface area (Å²) in [6.07, 6.45) is 0. The average molecular weight is 296 g/mol. The first-order valence-electron chi connectivity index (χ1n) is 4.66. The van der Waals surface area contributed by atoms with Gasteiger partial charge in [-0.25, -0.2) is 4.39 Å². The van der Waals surface area contributed by atoms with Crippen molar-refractivity contribution in [1.82, 2.24) is 10.6 Å². The minimum Gasteiger partial charge on any atom is -0.314 e. The number of hydrogen-bond donors (Lipinski definition) is 2. The SMILES string of the molecule is Cl.Fc1ccc(Br)c([C@@H]2CNCCN2)c1. The molecule has 1 atom stereocenters. The molecule has 1 fully saturated rings. The summed E-state index contributed by atoms with van der Waals surface area (Å²) in [5.74, 6) is -0.185. The molecule has 1 aliphatic rings. The summed E-state index contributed by atoms with van der Waals surface area (Å²) in [4.78, 5) is 0. The molecule has 2 N–H and O–H groups in total. The van der Waals surface area contributed by atoms with Gasteiger partial charge in [0.1, 0.15) is 5.82 Å². The van der Waals surface area contributed by atoms with Crippen LogP contribution in [0.5, 0.6) is 0 Å². The Hall–Kier alpha value is -0.160. The fourth-order valence-corrected chi connectivity index (χ4v) is 2.18. The molecule has 1 aliphatic heterocycles. The number of benzene rings is 1. The Bertz CT molecular complexity index is 329. The van der Waals surface area contributed by atoms with E-state index in [-0.39, 0.29) is 24.3 Å². The van der Waals surface area contributed by atoms with Gasteiger partial charge in [0.25, 0.3) is 0 Å². The van der Waals surface area contributed by atoms with Crippen molar-refractivity contribution in [3.8, 4) is 0 Å². The second kappa shape index (κ2) is 5.80. The molecule has 1 aromatic rings. The van der Waals surface area contributed by atoms with Crippen LogP contribution in [0.25, 0.3) is 0 Å². The second-order valence-electron chi connectivity index (χ2n) is 3.38. The molecule has 84 valence electrons. The molecule has 0 unspecified atom stereocenters. The zero-order valence-corrected chi connectivity index (χ0v) is 10.5. The summed E-state index contributed by atoms with van der Waals surface area (Å²) in [5, 5.41) is 6.62. The van der Waals surface area contributed by atoms with Crippen LogP contribution >= 0.6 is 28.3 Å². The molecule has 2 rings (SSSR count). The van der Waals surface area contributed by atoms with Crippen LogP contribution in [-0.2, 0) is 0 Å². The molecular formula is C10H13BrClFN2. The molecular weight excluding hydrogens is 282 g/mol. The molecule has 0 bridgehead atoms. The zero-order valence-electron chi connectivity index (χ0n) is 8.09. The zero-order chi connectivity index (χ0) is 9.97. The maximum absolute atomic E-state index is 13.0. The summed E-state index contributed by atoms with van der Waals surface area (Å²) in [5.41, 5.74) is 0.984. The monoisotopic (exact) mass is 294 g/mol. The molecule has 0 aliphatic carbocycles. The lowest BCUT2D eigenvalue weighted by Gasteiger charge is -2.25. The highest BCUT2D eigenvalue weighted by atomic mass is 79.9. The smallest absolute Gasteiger partial charge is 0.123 e. The van der Waals surface area contributed by atoms with Gasteiger partial charge in [-0.3, -0.25) is 0 Å². The molecule has 5 heteroatoms. The molecule has 0 aromatic heterocycles. The quantitative estimate of drug-likeness (QED) is 0.830. The van der Waals surface area contributed by atoms with Gasteiger partial charge in [-0.1, -0.05) is 15.9 Å². The van der Waals surface area contributed by atoms with Gasteiger partial charge in [0.05, 0.1) is 0 Å². The Morgan fingerprint density at radius 1 is 1.33 bits per heavy atom. The van der Waals surface area contributed by atoms with E-state index in [2.05, 4.69) is 26.6 Å². The van der Waals surface area contributed by atoms with Crippen molar-refractivity contribution < 1.29 is 4.39 Å². The number of nitrogens with one attached hydrogen (secondary N) is 2. The van der Waals surface area contributed by atoms with E-state index < -0.39 is 0 Å². The van der Waals surface area contributed by atoms with Gasteiger partial charge >= 0.3 is 0 Å². The van der Waals surface area contributed by atoms with Crippen LogP contribution in [0, 0.1) is 5.82 Å². The molecule has 0 amide bonds. The van der Waals surface area contributed by atoms with E-state index in [9.17, 15) is 4.39 Å². The van der Waals surface area contributed by atoms with E-state index in [0.29, 0.717) is 0 Å². The molecule has 1 saturated heterocycles. The summed E-state index contributed by atoms with van der Waals surface area (Å²) in [7, 11) is 0. The lowest BCUT2D eigenvalue weighted by atomic mass is 10.1. The first kappa shape index (κ1) is 12.9. The van der Waals surface area contributed by atoms with Gasteiger partial charge in [0, 0.05) is 30.1 Å². The predicted molar refractivity (Wildman–Crippen MR) is 65.0 cm³/mol. The van der Waals surface area contributed by atoms with E-state index in [1.165, 1.54) is 6.07 Å². The third-order valence-electron chi connectivity index (χ3n) is 2.37. The largest absolute Gasteiger partial charge is 0.314 e. The first-order valence-corrected chi connectivity index (χ1v) is 5.46. The molecule has 15 heavy (non-hydrogen) atoms. The van der Waals surface area contributed by atoms with Crippen LogP contribution in [0.1, 0.15) is 11.6 Å². The van der Waals surface area contributed by atoms with Gasteiger partial charge < -0.3 is 10.6 Å². The standard InChI is InChI=1S/C10H12BrFN2.ClH/c11-9-2-1-7(12)5-8(9)10-6-13-3-4-14-10;/h1-2,5,10,13-14H,3-4,6H2;1H/t10-;/m0./s1. The van der Waals surface area contributed by atoms with Crippen LogP contribution in [0.15, 0.2) is 22.7 Å². The van der Waals surface area contributed by atoms with Gasteiger partial charge in [-0.15, -0.1) is 12.4 Å². The number of hydrogen-bond acceptors (Lipinski definition) is 2. The highest BCUT2D eigenvalue weighted by molar-refractivity contribution is 9.10. The highest BCUT2D eigenvalue weighted by Gasteiger charge is 2.16. The third-order valence-corrected chi connectivity index (χ3v) is 3.10. The van der Waals surface area contributed by atoms with E-state index in [0.717, 1.165) is 29.7 Å². The Morgan fingerprint density at radius 3 is 2.80 bits per heavy atom. The van der Waals surface area contributed by atoms with Crippen LogP contribution in [-0.4, -0.2) is 19.6 Å². The van der Waals surface area contributed by atoms with Crippen molar-refractivity contribution >= 4 is 28.3 Å². The maximum Gasteiger partial charge on any atom is 0.123 e. The van der Waals surface area contributed by atoms with E-state index in [1.54, 1.807) is 12.1 Å². The van der Waals surface area contributed by atoms with Crippen molar-refractivity contribution in [2.75, 3.05) is 19.6 Å². The Morgan fingerprint density at radius 2 is 2.13 bits per heavy atom. The predicted octanol–water partition coefficient (Wildman–Crippen LogP) is 2.24. The summed E-state index contributed by atoms with van der Waals surface area (Å²) < 4.78 is 14.0. The highest BCUT2D eigenvalue weighted by Crippen LogP contribution is 2.24. The topological polar surface area (TPSA) is 24.1 Å². The average Bonchev–Trinajstić information content (AvgIpc) is 2.23. The molecule has 0 spiro atoms.